The van der Waals surface area contributed by atoms with E-state index >= 15 is 0 Å². The average Bonchev–Trinajstić information content (AvgIpc) is 3.19. The molecule has 1 aromatic rings. The zero-order chi connectivity index (χ0) is 21.2. The van der Waals surface area contributed by atoms with Gasteiger partial charge in [-0.25, -0.2) is 8.42 Å². The molecule has 2 aliphatic rings. The van der Waals surface area contributed by atoms with Gasteiger partial charge in [-0.1, -0.05) is 11.6 Å². The van der Waals surface area contributed by atoms with E-state index in [1.54, 1.807) is 0 Å². The number of piperidine rings is 1. The number of sulfonamides is 1. The fourth-order valence-electron chi connectivity index (χ4n) is 3.52. The van der Waals surface area contributed by atoms with Crippen LogP contribution in [-0.4, -0.2) is 51.5 Å². The van der Waals surface area contributed by atoms with Gasteiger partial charge in [0.1, 0.15) is 0 Å². The number of carbonyl (C=O) groups is 1. The summed E-state index contributed by atoms with van der Waals surface area (Å²) >= 11 is 5.57. The van der Waals surface area contributed by atoms with E-state index in [2.05, 4.69) is 5.32 Å². The molecule has 2 fully saturated rings. The third kappa shape index (κ3) is 5.22. The predicted molar refractivity (Wildman–Crippen MR) is 99.9 cm³/mol. The minimum absolute atomic E-state index is 0.0664. The number of nitrogens with one attached hydrogen (secondary N) is 1. The van der Waals surface area contributed by atoms with Gasteiger partial charge in [-0.2, -0.15) is 17.5 Å². The fourth-order valence-corrected chi connectivity index (χ4v) is 5.24. The molecule has 162 valence electrons. The highest BCUT2D eigenvalue weighted by atomic mass is 35.5. The Labute approximate surface area is 172 Å². The van der Waals surface area contributed by atoms with Gasteiger partial charge >= 0.3 is 6.18 Å². The van der Waals surface area contributed by atoms with Crippen LogP contribution in [0.1, 0.15) is 24.8 Å². The summed E-state index contributed by atoms with van der Waals surface area (Å²) in [6.45, 7) is 1.98. The third-order valence-corrected chi connectivity index (χ3v) is 7.52. The molecule has 6 nitrogen and oxygen atoms in total. The lowest BCUT2D eigenvalue weighted by Gasteiger charge is -2.31. The van der Waals surface area contributed by atoms with Crippen molar-refractivity contribution < 1.29 is 31.1 Å². The summed E-state index contributed by atoms with van der Waals surface area (Å²) < 4.78 is 71.0. The van der Waals surface area contributed by atoms with E-state index in [1.165, 1.54) is 0 Å². The normalized spacial score (nSPS) is 22.0. The van der Waals surface area contributed by atoms with Crippen molar-refractivity contribution in [1.82, 2.24) is 9.62 Å². The molecule has 2 saturated heterocycles. The summed E-state index contributed by atoms with van der Waals surface area (Å²) in [7, 11) is -4.11. The Morgan fingerprint density at radius 3 is 2.52 bits per heavy atom. The number of ether oxygens (including phenoxy) is 1. The molecular formula is C18H22ClF3N2O4S. The largest absolute Gasteiger partial charge is 0.417 e. The van der Waals surface area contributed by atoms with E-state index < -0.39 is 31.7 Å². The Kier molecular flexibility index (Phi) is 6.77. The first-order chi connectivity index (χ1) is 13.6. The van der Waals surface area contributed by atoms with Crippen molar-refractivity contribution in [2.45, 2.75) is 30.3 Å². The van der Waals surface area contributed by atoms with E-state index in [0.717, 1.165) is 22.9 Å². The minimum atomic E-state index is -4.75. The number of amides is 1. The molecule has 29 heavy (non-hydrogen) atoms. The Morgan fingerprint density at radius 1 is 1.24 bits per heavy atom. The smallest absolute Gasteiger partial charge is 0.381 e. The van der Waals surface area contributed by atoms with E-state index in [9.17, 15) is 26.4 Å². The van der Waals surface area contributed by atoms with Crippen molar-refractivity contribution in [2.24, 2.45) is 11.8 Å². The van der Waals surface area contributed by atoms with Crippen molar-refractivity contribution in [1.29, 1.82) is 0 Å². The molecule has 1 aromatic carbocycles. The first kappa shape index (κ1) is 22.3. The second kappa shape index (κ2) is 8.79. The van der Waals surface area contributed by atoms with Crippen molar-refractivity contribution in [2.75, 3.05) is 32.8 Å². The predicted octanol–water partition coefficient (Wildman–Crippen LogP) is 2.91. The number of carbonyl (C=O) groups excluding carboxylic acids is 1. The highest BCUT2D eigenvalue weighted by Crippen LogP contribution is 2.36. The first-order valence-corrected chi connectivity index (χ1v) is 11.1. The average molecular weight is 455 g/mol. The summed E-state index contributed by atoms with van der Waals surface area (Å²) in [4.78, 5) is 11.9. The maximum Gasteiger partial charge on any atom is 0.417 e. The minimum Gasteiger partial charge on any atom is -0.381 e. The Bertz CT molecular complexity index is 849. The number of hydrogen-bond acceptors (Lipinski definition) is 4. The van der Waals surface area contributed by atoms with Gasteiger partial charge in [0.05, 0.1) is 22.1 Å². The van der Waals surface area contributed by atoms with Gasteiger partial charge in [0.2, 0.25) is 15.9 Å². The van der Waals surface area contributed by atoms with Gasteiger partial charge in [-0.05, 0) is 37.5 Å². The number of hydrogen-bond donors (Lipinski definition) is 1. The van der Waals surface area contributed by atoms with E-state index in [-0.39, 0.29) is 24.9 Å². The standard InChI is InChI=1S/C18H22ClF3N2O4S/c19-16-2-1-14(9-15(16)18(20,21)22)29(26,27)24-6-3-13(4-7-24)17(25)23-10-12-5-8-28-11-12/h1-2,9,12-13H,3-8,10-11H2,(H,23,25). The number of nitrogens with zero attached hydrogens (tertiary/aromatic N) is 1. The van der Waals surface area contributed by atoms with Crippen molar-refractivity contribution in [3.63, 3.8) is 0 Å². The monoisotopic (exact) mass is 454 g/mol. The summed E-state index contributed by atoms with van der Waals surface area (Å²) in [5.74, 6) is -0.147. The topological polar surface area (TPSA) is 75.7 Å². The molecule has 1 unspecified atom stereocenters. The molecule has 1 N–H and O–H groups in total. The van der Waals surface area contributed by atoms with Gasteiger partial charge in [0, 0.05) is 38.1 Å². The van der Waals surface area contributed by atoms with Gasteiger partial charge in [-0.15, -0.1) is 0 Å². The van der Waals surface area contributed by atoms with Crippen LogP contribution in [0.25, 0.3) is 0 Å². The number of rotatable bonds is 5. The summed E-state index contributed by atoms with van der Waals surface area (Å²) in [5.41, 5.74) is -1.19. The van der Waals surface area contributed by atoms with E-state index in [0.29, 0.717) is 44.6 Å². The summed E-state index contributed by atoms with van der Waals surface area (Å²) in [6, 6.07) is 2.56. The van der Waals surface area contributed by atoms with E-state index in [1.807, 2.05) is 0 Å². The van der Waals surface area contributed by atoms with Crippen LogP contribution in [0.2, 0.25) is 5.02 Å². The highest BCUT2D eigenvalue weighted by molar-refractivity contribution is 7.89. The molecule has 0 aromatic heterocycles. The Hall–Kier alpha value is -1.36. The van der Waals surface area contributed by atoms with Crippen LogP contribution in [0.5, 0.6) is 0 Å². The lowest BCUT2D eigenvalue weighted by Crippen LogP contribution is -2.43. The number of alkyl halides is 3. The highest BCUT2D eigenvalue weighted by Gasteiger charge is 2.37. The van der Waals surface area contributed by atoms with Crippen LogP contribution in [-0.2, 0) is 25.7 Å². The SMILES string of the molecule is O=C(NCC1CCOC1)C1CCN(S(=O)(=O)c2ccc(Cl)c(C(F)(F)F)c2)CC1. The van der Waals surface area contributed by atoms with Crippen molar-refractivity contribution >= 4 is 27.5 Å². The molecule has 1 amide bonds. The van der Waals surface area contributed by atoms with Gasteiger partial charge in [-0.3, -0.25) is 4.79 Å². The maximum absolute atomic E-state index is 13.0. The van der Waals surface area contributed by atoms with Crippen LogP contribution < -0.4 is 5.32 Å². The van der Waals surface area contributed by atoms with Crippen LogP contribution in [0.3, 0.4) is 0 Å². The molecule has 0 spiro atoms. The molecule has 0 aliphatic carbocycles. The van der Waals surface area contributed by atoms with E-state index in [4.69, 9.17) is 16.3 Å². The summed E-state index contributed by atoms with van der Waals surface area (Å²) in [6.07, 6.45) is -3.23. The van der Waals surface area contributed by atoms with Crippen molar-refractivity contribution in [3.05, 3.63) is 28.8 Å². The van der Waals surface area contributed by atoms with Crippen molar-refractivity contribution in [3.8, 4) is 0 Å². The van der Waals surface area contributed by atoms with Gasteiger partial charge in [0.25, 0.3) is 0 Å². The maximum atomic E-state index is 13.0. The van der Waals surface area contributed by atoms with Crippen LogP contribution in [0.4, 0.5) is 13.2 Å². The molecule has 3 rings (SSSR count). The van der Waals surface area contributed by atoms with Gasteiger partial charge < -0.3 is 10.1 Å². The molecule has 2 aliphatic heterocycles. The van der Waals surface area contributed by atoms with Crippen LogP contribution in [0.15, 0.2) is 23.1 Å². The second-order valence-electron chi connectivity index (χ2n) is 7.29. The Morgan fingerprint density at radius 2 is 1.93 bits per heavy atom. The summed E-state index contributed by atoms with van der Waals surface area (Å²) in [5, 5.41) is 2.33. The lowest BCUT2D eigenvalue weighted by atomic mass is 9.97. The van der Waals surface area contributed by atoms with Gasteiger partial charge in [0.15, 0.2) is 0 Å². The van der Waals surface area contributed by atoms with Crippen LogP contribution in [0, 0.1) is 11.8 Å². The molecule has 1 atom stereocenters. The molecule has 2 heterocycles. The number of halogens is 4. The zero-order valence-corrected chi connectivity index (χ0v) is 17.1. The molecule has 0 saturated carbocycles. The molecule has 11 heteroatoms. The Balaban J connectivity index is 1.61. The second-order valence-corrected chi connectivity index (χ2v) is 9.64. The quantitative estimate of drug-likeness (QED) is 0.742. The molecule has 0 radical (unpaired) electrons. The van der Waals surface area contributed by atoms with Crippen LogP contribution >= 0.6 is 11.6 Å². The molecular weight excluding hydrogens is 433 g/mol. The number of benzene rings is 1. The zero-order valence-electron chi connectivity index (χ0n) is 15.5. The first-order valence-electron chi connectivity index (χ1n) is 9.31. The lowest BCUT2D eigenvalue weighted by molar-refractivity contribution is -0.137. The molecule has 0 bridgehead atoms. The fraction of sp³-hybridized carbons (Fsp3) is 0.611. The third-order valence-electron chi connectivity index (χ3n) is 5.29.